The van der Waals surface area contributed by atoms with Gasteiger partial charge in [0.25, 0.3) is 5.56 Å². The van der Waals surface area contributed by atoms with Crippen LogP contribution in [0.25, 0.3) is 22.1 Å². The number of hydrogen-bond donors (Lipinski definition) is 1. The monoisotopic (exact) mass is 337 g/mol. The van der Waals surface area contributed by atoms with Crippen LogP contribution in [-0.4, -0.2) is 47.8 Å². The Bertz CT molecular complexity index is 1090. The van der Waals surface area contributed by atoms with Gasteiger partial charge < -0.3 is 9.55 Å². The molecule has 0 spiro atoms. The highest BCUT2D eigenvalue weighted by Gasteiger charge is 2.10. The van der Waals surface area contributed by atoms with Gasteiger partial charge in [-0.2, -0.15) is 5.10 Å². The number of rotatable bonds is 5. The largest absolute Gasteiger partial charge is 0.329 e. The average molecular weight is 337 g/mol. The average Bonchev–Trinajstić information content (AvgIpc) is 3.18. The molecule has 0 amide bonds. The summed E-state index contributed by atoms with van der Waals surface area (Å²) in [5.41, 5.74) is 2.58. The Morgan fingerprint density at radius 2 is 2.12 bits per heavy atom. The van der Waals surface area contributed by atoms with Crippen molar-refractivity contribution in [3.05, 3.63) is 53.0 Å². The lowest BCUT2D eigenvalue weighted by Crippen LogP contribution is -2.25. The third kappa shape index (κ3) is 2.91. The molecule has 4 aromatic rings. The number of aryl methyl sites for hydroxylation is 1. The summed E-state index contributed by atoms with van der Waals surface area (Å²) in [5, 5.41) is 4.60. The van der Waals surface area contributed by atoms with Crippen LogP contribution in [0.4, 0.5) is 0 Å². The fourth-order valence-electron chi connectivity index (χ4n) is 2.95. The molecule has 25 heavy (non-hydrogen) atoms. The van der Waals surface area contributed by atoms with Gasteiger partial charge in [0.1, 0.15) is 11.2 Å². The minimum atomic E-state index is -0.151. The van der Waals surface area contributed by atoms with Gasteiger partial charge >= 0.3 is 0 Å². The van der Waals surface area contributed by atoms with Crippen LogP contribution in [0.1, 0.15) is 5.82 Å². The zero-order valence-corrected chi connectivity index (χ0v) is 14.2. The second-order valence-electron chi connectivity index (χ2n) is 6.18. The van der Waals surface area contributed by atoms with Gasteiger partial charge in [-0.3, -0.25) is 14.4 Å². The maximum atomic E-state index is 12.1. The Labute approximate surface area is 143 Å². The maximum absolute atomic E-state index is 12.1. The molecule has 128 valence electrons. The highest BCUT2D eigenvalue weighted by atomic mass is 16.1. The van der Waals surface area contributed by atoms with Gasteiger partial charge in [-0.15, -0.1) is 0 Å². The first-order chi connectivity index (χ1) is 12.1. The van der Waals surface area contributed by atoms with E-state index in [0.717, 1.165) is 24.1 Å². The minimum Gasteiger partial charge on any atom is -0.329 e. The predicted molar refractivity (Wildman–Crippen MR) is 95.2 cm³/mol. The summed E-state index contributed by atoms with van der Waals surface area (Å²) in [6.45, 7) is 2.19. The number of imidazole rings is 1. The number of H-pyrrole nitrogens is 1. The predicted octanol–water partition coefficient (Wildman–Crippen LogP) is 1.14. The van der Waals surface area contributed by atoms with Crippen LogP contribution < -0.4 is 5.56 Å². The molecule has 0 aliphatic heterocycles. The molecule has 0 aliphatic rings. The lowest BCUT2D eigenvalue weighted by molar-refractivity contribution is 0.305. The number of nitrogens with one attached hydrogen (secondary N) is 1. The Morgan fingerprint density at radius 1 is 1.28 bits per heavy atom. The normalized spacial score (nSPS) is 11.8. The first kappa shape index (κ1) is 15.5. The molecule has 0 unspecified atom stereocenters. The summed E-state index contributed by atoms with van der Waals surface area (Å²) in [5.74, 6) is 0.638. The van der Waals surface area contributed by atoms with E-state index in [2.05, 4.69) is 35.6 Å². The maximum Gasteiger partial charge on any atom is 0.262 e. The fourth-order valence-corrected chi connectivity index (χ4v) is 2.95. The minimum absolute atomic E-state index is 0.151. The van der Waals surface area contributed by atoms with Crippen molar-refractivity contribution < 1.29 is 0 Å². The quantitative estimate of drug-likeness (QED) is 0.590. The molecule has 1 aromatic carbocycles. The number of benzene rings is 1. The molecule has 0 bridgehead atoms. The van der Waals surface area contributed by atoms with Crippen LogP contribution in [0.15, 0.2) is 41.6 Å². The molecule has 3 aromatic heterocycles. The van der Waals surface area contributed by atoms with Crippen LogP contribution in [-0.2, 0) is 20.1 Å². The van der Waals surface area contributed by atoms with E-state index in [-0.39, 0.29) is 5.56 Å². The van der Waals surface area contributed by atoms with Crippen molar-refractivity contribution in [3.63, 3.8) is 0 Å². The molecule has 3 heterocycles. The summed E-state index contributed by atoms with van der Waals surface area (Å²) >= 11 is 0. The number of likely N-dealkylation sites (N-methyl/N-ethyl adjacent to an activating group) is 1. The molecule has 0 saturated carbocycles. The van der Waals surface area contributed by atoms with Crippen LogP contribution in [0.2, 0.25) is 0 Å². The molecule has 8 nitrogen and oxygen atoms in total. The van der Waals surface area contributed by atoms with Gasteiger partial charge in [0.2, 0.25) is 0 Å². The van der Waals surface area contributed by atoms with E-state index in [1.807, 2.05) is 31.6 Å². The first-order valence-corrected chi connectivity index (χ1v) is 8.11. The molecule has 0 atom stereocenters. The number of aromatic nitrogens is 6. The number of hydrogen-bond acceptors (Lipinski definition) is 5. The second kappa shape index (κ2) is 6.14. The zero-order chi connectivity index (χ0) is 17.4. The lowest BCUT2D eigenvalue weighted by atomic mass is 10.3. The van der Waals surface area contributed by atoms with Gasteiger partial charge in [0.15, 0.2) is 5.65 Å². The number of para-hydroxylation sites is 2. The third-order valence-corrected chi connectivity index (χ3v) is 4.32. The molecule has 8 heteroatoms. The number of aromatic amines is 1. The molecule has 0 saturated heterocycles. The van der Waals surface area contributed by atoms with Gasteiger partial charge in [-0.25, -0.2) is 9.97 Å². The van der Waals surface area contributed by atoms with Gasteiger partial charge in [0.05, 0.1) is 30.1 Å². The van der Waals surface area contributed by atoms with Crippen LogP contribution in [0.3, 0.4) is 0 Å². The summed E-state index contributed by atoms with van der Waals surface area (Å²) in [7, 11) is 3.79. The number of fused-ring (bicyclic) bond motifs is 2. The van der Waals surface area contributed by atoms with E-state index in [1.165, 1.54) is 0 Å². The van der Waals surface area contributed by atoms with Crippen LogP contribution >= 0.6 is 0 Å². The van der Waals surface area contributed by atoms with Gasteiger partial charge in [0, 0.05) is 20.1 Å². The summed E-state index contributed by atoms with van der Waals surface area (Å²) < 4.78 is 3.75. The van der Waals surface area contributed by atoms with E-state index >= 15 is 0 Å². The molecule has 4 rings (SSSR count). The second-order valence-corrected chi connectivity index (χ2v) is 6.18. The third-order valence-electron chi connectivity index (χ3n) is 4.32. The molecule has 0 fully saturated rings. The smallest absolute Gasteiger partial charge is 0.262 e. The Kier molecular flexibility index (Phi) is 3.81. The lowest BCUT2D eigenvalue weighted by Gasteiger charge is -2.16. The van der Waals surface area contributed by atoms with Crippen molar-refractivity contribution in [1.29, 1.82) is 0 Å². The highest BCUT2D eigenvalue weighted by molar-refractivity contribution is 5.75. The van der Waals surface area contributed by atoms with Crippen molar-refractivity contribution in [2.75, 3.05) is 13.6 Å². The molecular weight excluding hydrogens is 318 g/mol. The Morgan fingerprint density at radius 3 is 3.00 bits per heavy atom. The van der Waals surface area contributed by atoms with E-state index in [1.54, 1.807) is 17.9 Å². The van der Waals surface area contributed by atoms with Crippen molar-refractivity contribution in [1.82, 2.24) is 34.2 Å². The first-order valence-electron chi connectivity index (χ1n) is 8.11. The Hall–Kier alpha value is -3.00. The van der Waals surface area contributed by atoms with Crippen molar-refractivity contribution >= 4 is 22.1 Å². The van der Waals surface area contributed by atoms with E-state index < -0.39 is 0 Å². The molecular formula is C17H19N7O. The van der Waals surface area contributed by atoms with E-state index in [4.69, 9.17) is 0 Å². The molecule has 0 aliphatic carbocycles. The molecule has 0 radical (unpaired) electrons. The van der Waals surface area contributed by atoms with Gasteiger partial charge in [-0.05, 0) is 19.2 Å². The van der Waals surface area contributed by atoms with Gasteiger partial charge in [-0.1, -0.05) is 12.1 Å². The summed E-state index contributed by atoms with van der Waals surface area (Å²) in [4.78, 5) is 26.0. The number of nitrogens with zero attached hydrogens (tertiary/aromatic N) is 6. The van der Waals surface area contributed by atoms with E-state index in [9.17, 15) is 4.79 Å². The van der Waals surface area contributed by atoms with Crippen molar-refractivity contribution in [2.45, 2.75) is 13.1 Å². The zero-order valence-electron chi connectivity index (χ0n) is 14.2. The highest BCUT2D eigenvalue weighted by Crippen LogP contribution is 2.12. The van der Waals surface area contributed by atoms with E-state index in [0.29, 0.717) is 23.4 Å². The van der Waals surface area contributed by atoms with Crippen molar-refractivity contribution in [2.24, 2.45) is 7.05 Å². The standard InChI is InChI=1S/C17H19N7O/c1-22(7-8-24-11-18-13-5-3-4-6-14(13)24)10-15-20-16-12(17(25)21-15)9-19-23(16)2/h3-6,9,11H,7-8,10H2,1-2H3,(H,20,21,25). The SMILES string of the molecule is CN(CCn1cnc2ccccc21)Cc1nc2c(cnn2C)c(=O)[nH]1. The van der Waals surface area contributed by atoms with Crippen LogP contribution in [0.5, 0.6) is 0 Å². The summed E-state index contributed by atoms with van der Waals surface area (Å²) in [6.07, 6.45) is 3.40. The van der Waals surface area contributed by atoms with Crippen molar-refractivity contribution in [3.8, 4) is 0 Å². The Balaban J connectivity index is 1.48. The topological polar surface area (TPSA) is 84.6 Å². The summed E-state index contributed by atoms with van der Waals surface area (Å²) in [6, 6.07) is 8.08. The molecule has 1 N–H and O–H groups in total. The fraction of sp³-hybridized carbons (Fsp3) is 0.294. The van der Waals surface area contributed by atoms with Crippen LogP contribution in [0, 0.1) is 0 Å².